The second-order valence-electron chi connectivity index (χ2n) is 8.47. The normalized spacial score (nSPS) is 12.2. The summed E-state index contributed by atoms with van der Waals surface area (Å²) in [7, 11) is 3.05. The lowest BCUT2D eigenvalue weighted by Gasteiger charge is -2.20. The first kappa shape index (κ1) is 26.6. The monoisotopic (exact) mass is 535 g/mol. The van der Waals surface area contributed by atoms with E-state index in [2.05, 4.69) is 30.6 Å². The molecule has 38 heavy (non-hydrogen) atoms. The van der Waals surface area contributed by atoms with Crippen molar-refractivity contribution in [1.29, 1.82) is 0 Å². The van der Waals surface area contributed by atoms with Crippen molar-refractivity contribution in [2.75, 3.05) is 19.5 Å². The second kappa shape index (κ2) is 11.3. The smallest absolute Gasteiger partial charge is 0.320 e. The molecular formula is C27H26ClN5O5. The van der Waals surface area contributed by atoms with Gasteiger partial charge in [-0.25, -0.2) is 9.97 Å². The average Bonchev–Trinajstić information content (AvgIpc) is 2.92. The number of pyridine rings is 2. The van der Waals surface area contributed by atoms with E-state index in [1.54, 1.807) is 37.3 Å². The van der Waals surface area contributed by atoms with E-state index in [9.17, 15) is 9.59 Å². The number of aryl methyl sites for hydroxylation is 1. The van der Waals surface area contributed by atoms with Crippen LogP contribution in [0.5, 0.6) is 5.88 Å². The van der Waals surface area contributed by atoms with Crippen molar-refractivity contribution in [2.45, 2.75) is 26.8 Å². The minimum atomic E-state index is -0.360. The summed E-state index contributed by atoms with van der Waals surface area (Å²) in [5.41, 5.74) is 6.21. The Balaban J connectivity index is 1.84. The van der Waals surface area contributed by atoms with Gasteiger partial charge in [-0.2, -0.15) is 5.48 Å². The van der Waals surface area contributed by atoms with Gasteiger partial charge in [0.05, 0.1) is 24.2 Å². The number of ether oxygens (including phenoxy) is 1. The van der Waals surface area contributed by atoms with Crippen molar-refractivity contribution in [3.63, 3.8) is 0 Å². The summed E-state index contributed by atoms with van der Waals surface area (Å²) >= 11 is 6.14. The lowest BCUT2D eigenvalue weighted by molar-refractivity contribution is -0.132. The lowest BCUT2D eigenvalue weighted by atomic mass is 9.99. The topological polar surface area (TPSA) is 128 Å². The van der Waals surface area contributed by atoms with E-state index in [0.717, 1.165) is 11.1 Å². The molecule has 0 amide bonds. The molecule has 1 aromatic carbocycles. The van der Waals surface area contributed by atoms with Crippen LogP contribution in [0.4, 0.5) is 5.69 Å². The molecule has 0 saturated carbocycles. The first-order chi connectivity index (χ1) is 18.3. The predicted octanol–water partition coefficient (Wildman–Crippen LogP) is 4.76. The molecule has 0 saturated heterocycles. The SMILES string of the molecule is CN=C(NOC=O)c1nc(Cl)ccc1NC(C)c1cc(C)cc2c(=O)c(C)c(-c3cccc(OC)n3)oc12. The van der Waals surface area contributed by atoms with Gasteiger partial charge in [-0.15, -0.1) is 0 Å². The van der Waals surface area contributed by atoms with E-state index in [-0.39, 0.29) is 28.9 Å². The van der Waals surface area contributed by atoms with E-state index in [1.807, 2.05) is 26.0 Å². The maximum Gasteiger partial charge on any atom is 0.320 e. The molecule has 0 aliphatic rings. The Hall–Kier alpha value is -4.44. The Morgan fingerprint density at radius 3 is 2.68 bits per heavy atom. The first-order valence-electron chi connectivity index (χ1n) is 11.6. The predicted molar refractivity (Wildman–Crippen MR) is 146 cm³/mol. The van der Waals surface area contributed by atoms with E-state index in [0.29, 0.717) is 45.2 Å². The summed E-state index contributed by atoms with van der Waals surface area (Å²) < 4.78 is 11.6. The van der Waals surface area contributed by atoms with Crippen LogP contribution in [0.15, 0.2) is 56.7 Å². The minimum absolute atomic E-state index is 0.146. The number of fused-ring (bicyclic) bond motifs is 1. The molecule has 3 aromatic heterocycles. The maximum absolute atomic E-state index is 13.5. The van der Waals surface area contributed by atoms with Gasteiger partial charge in [0.1, 0.15) is 22.1 Å². The van der Waals surface area contributed by atoms with Gasteiger partial charge in [-0.05, 0) is 50.6 Å². The fraction of sp³-hybridized carbons (Fsp3) is 0.222. The zero-order valence-corrected chi connectivity index (χ0v) is 22.2. The van der Waals surface area contributed by atoms with Gasteiger partial charge < -0.3 is 19.3 Å². The Morgan fingerprint density at radius 1 is 1.18 bits per heavy atom. The number of benzene rings is 1. The molecule has 1 unspecified atom stereocenters. The number of methoxy groups -OCH3 is 1. The van der Waals surface area contributed by atoms with Crippen LogP contribution in [0.25, 0.3) is 22.4 Å². The summed E-state index contributed by atoms with van der Waals surface area (Å²) in [6.45, 7) is 5.80. The maximum atomic E-state index is 13.5. The lowest BCUT2D eigenvalue weighted by Crippen LogP contribution is -2.27. The van der Waals surface area contributed by atoms with Crippen molar-refractivity contribution >= 4 is 40.6 Å². The Bertz CT molecular complexity index is 1600. The average molecular weight is 536 g/mol. The Morgan fingerprint density at radius 2 is 1.97 bits per heavy atom. The summed E-state index contributed by atoms with van der Waals surface area (Å²) in [5, 5.41) is 4.08. The fourth-order valence-electron chi connectivity index (χ4n) is 4.11. The quantitative estimate of drug-likeness (QED) is 0.108. The van der Waals surface area contributed by atoms with Crippen LogP contribution in [-0.4, -0.2) is 36.4 Å². The number of halogens is 1. The highest BCUT2D eigenvalue weighted by Gasteiger charge is 2.21. The molecule has 0 bridgehead atoms. The molecule has 0 radical (unpaired) electrons. The van der Waals surface area contributed by atoms with Crippen molar-refractivity contribution in [1.82, 2.24) is 15.4 Å². The van der Waals surface area contributed by atoms with E-state index >= 15 is 0 Å². The molecule has 0 spiro atoms. The molecule has 0 fully saturated rings. The van der Waals surface area contributed by atoms with Gasteiger partial charge in [0.15, 0.2) is 17.0 Å². The van der Waals surface area contributed by atoms with Gasteiger partial charge in [-0.3, -0.25) is 14.6 Å². The first-order valence-corrected chi connectivity index (χ1v) is 12.0. The van der Waals surface area contributed by atoms with Gasteiger partial charge in [0.25, 0.3) is 0 Å². The number of carbonyl (C=O) groups excluding carboxylic acids is 1. The highest BCUT2D eigenvalue weighted by atomic mass is 35.5. The third kappa shape index (κ3) is 5.30. The molecule has 196 valence electrons. The molecule has 11 heteroatoms. The molecule has 2 N–H and O–H groups in total. The number of amidine groups is 1. The third-order valence-corrected chi connectivity index (χ3v) is 6.12. The van der Waals surface area contributed by atoms with Crippen LogP contribution in [-0.2, 0) is 9.63 Å². The number of nitrogens with one attached hydrogen (secondary N) is 2. The van der Waals surface area contributed by atoms with Crippen LogP contribution in [0, 0.1) is 13.8 Å². The third-order valence-electron chi connectivity index (χ3n) is 5.91. The zero-order chi connectivity index (χ0) is 27.4. The van der Waals surface area contributed by atoms with Crippen LogP contribution >= 0.6 is 11.6 Å². The minimum Gasteiger partial charge on any atom is -0.481 e. The number of hydrogen-bond acceptors (Lipinski definition) is 9. The summed E-state index contributed by atoms with van der Waals surface area (Å²) in [6.07, 6.45) is 0. The standard InChI is InChI=1S/C27H26ClN5O5/c1-14-11-17(16(3)30-19-9-10-21(28)32-23(19)27(29-4)33-37-13-34)26-18(12-14)24(35)15(2)25(38-26)20-7-6-8-22(31-20)36-5/h6-13,16,30H,1-5H3,(H,29,33). The molecular weight excluding hydrogens is 510 g/mol. The van der Waals surface area contributed by atoms with Gasteiger partial charge in [0.2, 0.25) is 5.88 Å². The van der Waals surface area contributed by atoms with Gasteiger partial charge >= 0.3 is 6.47 Å². The van der Waals surface area contributed by atoms with Crippen LogP contribution < -0.4 is 21.0 Å². The van der Waals surface area contributed by atoms with Crippen molar-refractivity contribution in [3.8, 4) is 17.3 Å². The molecule has 4 aromatic rings. The van der Waals surface area contributed by atoms with E-state index < -0.39 is 0 Å². The van der Waals surface area contributed by atoms with Gasteiger partial charge in [-0.1, -0.05) is 23.7 Å². The number of nitrogens with zero attached hydrogens (tertiary/aromatic N) is 3. The molecule has 10 nitrogen and oxygen atoms in total. The van der Waals surface area contributed by atoms with Crippen molar-refractivity contribution < 1.29 is 18.8 Å². The highest BCUT2D eigenvalue weighted by molar-refractivity contribution is 6.29. The van der Waals surface area contributed by atoms with Crippen molar-refractivity contribution in [3.05, 3.63) is 80.2 Å². The molecule has 4 rings (SSSR count). The summed E-state index contributed by atoms with van der Waals surface area (Å²) in [6, 6.07) is 12.0. The number of aromatic nitrogens is 2. The molecule has 1 atom stereocenters. The van der Waals surface area contributed by atoms with Crippen molar-refractivity contribution in [2.24, 2.45) is 4.99 Å². The number of rotatable bonds is 8. The van der Waals surface area contributed by atoms with Crippen LogP contribution in [0.1, 0.15) is 35.3 Å². The van der Waals surface area contributed by atoms with E-state index in [4.69, 9.17) is 20.8 Å². The summed E-state index contributed by atoms with van der Waals surface area (Å²) in [5.74, 6) is 0.965. The molecule has 0 aliphatic carbocycles. The fourth-order valence-corrected chi connectivity index (χ4v) is 4.26. The molecule has 0 aliphatic heterocycles. The Labute approximate surface area is 223 Å². The number of carbonyl (C=O) groups is 1. The number of hydrogen-bond donors (Lipinski definition) is 2. The van der Waals surface area contributed by atoms with Gasteiger partial charge in [0, 0.05) is 24.2 Å². The zero-order valence-electron chi connectivity index (χ0n) is 21.5. The number of anilines is 1. The van der Waals surface area contributed by atoms with E-state index in [1.165, 1.54) is 14.2 Å². The van der Waals surface area contributed by atoms with Crippen LogP contribution in [0.3, 0.4) is 0 Å². The summed E-state index contributed by atoms with van der Waals surface area (Å²) in [4.78, 5) is 41.7. The number of aliphatic imine (C=N–C) groups is 1. The van der Waals surface area contributed by atoms with Crippen LogP contribution in [0.2, 0.25) is 5.15 Å². The second-order valence-corrected chi connectivity index (χ2v) is 8.85. The molecule has 3 heterocycles. The Kier molecular flexibility index (Phi) is 7.92. The highest BCUT2D eigenvalue weighted by Crippen LogP contribution is 2.32. The number of hydroxylamine groups is 1. The largest absolute Gasteiger partial charge is 0.481 e.